The molecule has 15 heavy (non-hydrogen) atoms. The molecule has 2 aromatic heterocycles. The van der Waals surface area contributed by atoms with Gasteiger partial charge in [-0.15, -0.1) is 0 Å². The minimum absolute atomic E-state index is 0.247. The van der Waals surface area contributed by atoms with Gasteiger partial charge in [0.1, 0.15) is 6.26 Å². The van der Waals surface area contributed by atoms with E-state index in [1.54, 1.807) is 30.1 Å². The van der Waals surface area contributed by atoms with Crippen molar-refractivity contribution in [2.24, 2.45) is 7.05 Å². The number of furan rings is 1. The second kappa shape index (κ2) is 3.90. The van der Waals surface area contributed by atoms with Crippen molar-refractivity contribution >= 4 is 27.7 Å². The van der Waals surface area contributed by atoms with Gasteiger partial charge in [-0.1, -0.05) is 0 Å². The van der Waals surface area contributed by atoms with Crippen LogP contribution in [0.5, 0.6) is 0 Å². The lowest BCUT2D eigenvalue weighted by Gasteiger charge is -1.97. The van der Waals surface area contributed by atoms with E-state index in [2.05, 4.69) is 26.3 Å². The molecular weight excluding hydrogens is 262 g/mol. The number of carbonyl (C=O) groups excluding carboxylic acids is 1. The Balaban J connectivity index is 2.10. The minimum atomic E-state index is -0.247. The summed E-state index contributed by atoms with van der Waals surface area (Å²) in [6.07, 6.45) is 3.13. The number of amides is 1. The quantitative estimate of drug-likeness (QED) is 0.908. The molecule has 0 aliphatic rings. The molecule has 5 nitrogen and oxygen atoms in total. The van der Waals surface area contributed by atoms with Crippen molar-refractivity contribution in [3.05, 3.63) is 34.8 Å². The molecule has 0 aliphatic heterocycles. The van der Waals surface area contributed by atoms with Gasteiger partial charge in [0.05, 0.1) is 5.56 Å². The van der Waals surface area contributed by atoms with Gasteiger partial charge in [0.2, 0.25) is 0 Å². The standard InChI is InChI=1S/C9H8BrN3O2/c1-13-3-2-8(12-13)11-9(14)6-4-7(10)15-5-6/h2-5H,1H3,(H,11,12,14). The van der Waals surface area contributed by atoms with Crippen molar-refractivity contribution in [3.8, 4) is 0 Å². The Morgan fingerprint density at radius 1 is 1.67 bits per heavy atom. The van der Waals surface area contributed by atoms with Crippen LogP contribution in [0.1, 0.15) is 10.4 Å². The molecule has 78 valence electrons. The summed E-state index contributed by atoms with van der Waals surface area (Å²) >= 11 is 3.12. The van der Waals surface area contributed by atoms with Crippen LogP contribution in [0, 0.1) is 0 Å². The van der Waals surface area contributed by atoms with E-state index in [1.807, 2.05) is 0 Å². The van der Waals surface area contributed by atoms with Gasteiger partial charge in [-0.05, 0) is 15.9 Å². The number of aromatic nitrogens is 2. The summed E-state index contributed by atoms with van der Waals surface area (Å²) in [6.45, 7) is 0. The van der Waals surface area contributed by atoms with Gasteiger partial charge in [-0.25, -0.2) is 0 Å². The highest BCUT2D eigenvalue weighted by atomic mass is 79.9. The van der Waals surface area contributed by atoms with Crippen molar-refractivity contribution < 1.29 is 9.21 Å². The summed E-state index contributed by atoms with van der Waals surface area (Å²) in [5.41, 5.74) is 0.451. The average molecular weight is 270 g/mol. The van der Waals surface area contributed by atoms with Crippen molar-refractivity contribution in [2.75, 3.05) is 5.32 Å². The third-order valence-electron chi connectivity index (χ3n) is 1.78. The molecule has 1 N–H and O–H groups in total. The van der Waals surface area contributed by atoms with Crippen LogP contribution in [0.4, 0.5) is 5.82 Å². The number of rotatable bonds is 2. The molecule has 0 aromatic carbocycles. The van der Waals surface area contributed by atoms with E-state index in [0.717, 1.165) is 0 Å². The molecule has 0 unspecified atom stereocenters. The predicted octanol–water partition coefficient (Wildman–Crippen LogP) is 2.03. The van der Waals surface area contributed by atoms with Gasteiger partial charge < -0.3 is 9.73 Å². The number of halogens is 1. The number of aryl methyl sites for hydroxylation is 1. The van der Waals surface area contributed by atoms with Gasteiger partial charge in [-0.3, -0.25) is 9.48 Å². The van der Waals surface area contributed by atoms with Crippen LogP contribution >= 0.6 is 15.9 Å². The van der Waals surface area contributed by atoms with E-state index in [9.17, 15) is 4.79 Å². The zero-order chi connectivity index (χ0) is 10.8. The first-order chi connectivity index (χ1) is 7.15. The third kappa shape index (κ3) is 2.27. The Kier molecular flexibility index (Phi) is 2.59. The maximum Gasteiger partial charge on any atom is 0.260 e. The summed E-state index contributed by atoms with van der Waals surface area (Å²) in [7, 11) is 1.78. The molecule has 0 fully saturated rings. The van der Waals surface area contributed by atoms with E-state index in [0.29, 0.717) is 16.1 Å². The van der Waals surface area contributed by atoms with Crippen LogP contribution in [0.3, 0.4) is 0 Å². The Hall–Kier alpha value is -1.56. The highest BCUT2D eigenvalue weighted by Gasteiger charge is 2.10. The molecule has 0 saturated heterocycles. The molecule has 6 heteroatoms. The number of carbonyl (C=O) groups is 1. The van der Waals surface area contributed by atoms with E-state index in [-0.39, 0.29) is 5.91 Å². The Labute approximate surface area is 94.2 Å². The number of nitrogens with zero attached hydrogens (tertiary/aromatic N) is 2. The fourth-order valence-corrected chi connectivity index (χ4v) is 1.44. The normalized spacial score (nSPS) is 10.3. The fourth-order valence-electron chi connectivity index (χ4n) is 1.10. The van der Waals surface area contributed by atoms with Crippen molar-refractivity contribution in [1.82, 2.24) is 9.78 Å². The molecule has 0 spiro atoms. The molecule has 0 atom stereocenters. The molecule has 0 saturated carbocycles. The predicted molar refractivity (Wildman–Crippen MR) is 57.6 cm³/mol. The van der Waals surface area contributed by atoms with Crippen molar-refractivity contribution in [1.29, 1.82) is 0 Å². The van der Waals surface area contributed by atoms with Crippen LogP contribution in [0.25, 0.3) is 0 Å². The highest BCUT2D eigenvalue weighted by molar-refractivity contribution is 9.10. The van der Waals surface area contributed by atoms with Gasteiger partial charge in [0.15, 0.2) is 10.5 Å². The minimum Gasteiger partial charge on any atom is -0.457 e. The van der Waals surface area contributed by atoms with Crippen LogP contribution in [0.2, 0.25) is 0 Å². The maximum absolute atomic E-state index is 11.6. The van der Waals surface area contributed by atoms with E-state index in [1.165, 1.54) is 6.26 Å². The first-order valence-corrected chi connectivity index (χ1v) is 4.99. The first kappa shape index (κ1) is 9.97. The lowest BCUT2D eigenvalue weighted by atomic mass is 10.3. The van der Waals surface area contributed by atoms with Crippen molar-refractivity contribution in [3.63, 3.8) is 0 Å². The van der Waals surface area contributed by atoms with Gasteiger partial charge in [0, 0.05) is 25.4 Å². The number of hydrogen-bond donors (Lipinski definition) is 1. The Bertz CT molecular complexity index is 489. The SMILES string of the molecule is Cn1ccc(NC(=O)c2coc(Br)c2)n1. The highest BCUT2D eigenvalue weighted by Crippen LogP contribution is 2.15. The van der Waals surface area contributed by atoms with Crippen LogP contribution in [-0.2, 0) is 7.05 Å². The number of nitrogens with one attached hydrogen (secondary N) is 1. The van der Waals surface area contributed by atoms with Gasteiger partial charge >= 0.3 is 0 Å². The fraction of sp³-hybridized carbons (Fsp3) is 0.111. The number of anilines is 1. The average Bonchev–Trinajstić information content (AvgIpc) is 2.75. The number of hydrogen-bond acceptors (Lipinski definition) is 3. The van der Waals surface area contributed by atoms with Gasteiger partial charge in [-0.2, -0.15) is 5.10 Å². The summed E-state index contributed by atoms with van der Waals surface area (Å²) in [5, 5.41) is 6.67. The zero-order valence-corrected chi connectivity index (χ0v) is 9.48. The molecule has 0 aliphatic carbocycles. The molecule has 2 rings (SSSR count). The molecule has 1 amide bonds. The molecule has 0 radical (unpaired) electrons. The summed E-state index contributed by atoms with van der Waals surface area (Å²) < 4.78 is 7.09. The lowest BCUT2D eigenvalue weighted by molar-refractivity contribution is 0.102. The second-order valence-corrected chi connectivity index (χ2v) is 3.75. The van der Waals surface area contributed by atoms with Crippen LogP contribution in [-0.4, -0.2) is 15.7 Å². The molecule has 0 bridgehead atoms. The van der Waals surface area contributed by atoms with Crippen LogP contribution in [0.15, 0.2) is 33.7 Å². The molecule has 2 aromatic rings. The lowest BCUT2D eigenvalue weighted by Crippen LogP contribution is -2.11. The summed E-state index contributed by atoms with van der Waals surface area (Å²) in [4.78, 5) is 11.6. The topological polar surface area (TPSA) is 60.1 Å². The van der Waals surface area contributed by atoms with Crippen molar-refractivity contribution in [2.45, 2.75) is 0 Å². The van der Waals surface area contributed by atoms with Gasteiger partial charge in [0.25, 0.3) is 5.91 Å². The second-order valence-electron chi connectivity index (χ2n) is 2.97. The monoisotopic (exact) mass is 269 g/mol. The molecular formula is C9H8BrN3O2. The Morgan fingerprint density at radius 2 is 2.47 bits per heavy atom. The largest absolute Gasteiger partial charge is 0.457 e. The summed E-state index contributed by atoms with van der Waals surface area (Å²) in [6, 6.07) is 3.31. The first-order valence-electron chi connectivity index (χ1n) is 4.20. The summed E-state index contributed by atoms with van der Waals surface area (Å²) in [5.74, 6) is 0.267. The zero-order valence-electron chi connectivity index (χ0n) is 7.90. The smallest absolute Gasteiger partial charge is 0.260 e. The molecule has 2 heterocycles. The van der Waals surface area contributed by atoms with Crippen LogP contribution < -0.4 is 5.32 Å². The third-order valence-corrected chi connectivity index (χ3v) is 2.20. The van der Waals surface area contributed by atoms with E-state index < -0.39 is 0 Å². The van der Waals surface area contributed by atoms with E-state index in [4.69, 9.17) is 4.42 Å². The van der Waals surface area contributed by atoms with E-state index >= 15 is 0 Å². The Morgan fingerprint density at radius 3 is 3.00 bits per heavy atom. The maximum atomic E-state index is 11.6.